The second kappa shape index (κ2) is 7.43. The van der Waals surface area contributed by atoms with Crippen molar-refractivity contribution in [2.75, 3.05) is 25.1 Å². The van der Waals surface area contributed by atoms with E-state index in [0.717, 1.165) is 42.7 Å². The number of ether oxygens (including phenoxy) is 1. The molecule has 0 saturated heterocycles. The molecule has 2 aromatic rings. The summed E-state index contributed by atoms with van der Waals surface area (Å²) in [5.41, 5.74) is 4.37. The zero-order valence-electron chi connectivity index (χ0n) is 15.5. The molecule has 0 radical (unpaired) electrons. The first-order valence-corrected chi connectivity index (χ1v) is 9.50. The van der Waals surface area contributed by atoms with Crippen LogP contribution in [-0.4, -0.2) is 32.0 Å². The van der Waals surface area contributed by atoms with Crippen LogP contribution < -0.4 is 15.0 Å². The summed E-state index contributed by atoms with van der Waals surface area (Å²) in [6, 6.07) is 13.9. The second-order valence-electron chi connectivity index (χ2n) is 7.15. The lowest BCUT2D eigenvalue weighted by Gasteiger charge is -2.29. The van der Waals surface area contributed by atoms with Gasteiger partial charge in [-0.25, -0.2) is 0 Å². The number of hydrogen-bond donors (Lipinski definition) is 1. The van der Waals surface area contributed by atoms with Crippen LogP contribution in [0, 0.1) is 0 Å². The van der Waals surface area contributed by atoms with Gasteiger partial charge in [0.05, 0.1) is 19.6 Å². The molecule has 0 fully saturated rings. The molecule has 1 aliphatic carbocycles. The smallest absolute Gasteiger partial charge is 0.246 e. The van der Waals surface area contributed by atoms with Crippen molar-refractivity contribution in [3.63, 3.8) is 0 Å². The molecular formula is C22H24N2O3. The number of aryl methyl sites for hydroxylation is 2. The number of rotatable bonds is 4. The van der Waals surface area contributed by atoms with Gasteiger partial charge >= 0.3 is 0 Å². The molecule has 1 atom stereocenters. The number of anilines is 1. The molecule has 0 spiro atoms. The summed E-state index contributed by atoms with van der Waals surface area (Å²) in [6.45, 7) is 0.734. The zero-order chi connectivity index (χ0) is 18.8. The number of nitrogens with zero attached hydrogens (tertiary/aromatic N) is 1. The second-order valence-corrected chi connectivity index (χ2v) is 7.15. The van der Waals surface area contributed by atoms with Crippen molar-refractivity contribution >= 4 is 17.5 Å². The van der Waals surface area contributed by atoms with E-state index in [1.165, 1.54) is 11.1 Å². The van der Waals surface area contributed by atoms with Crippen LogP contribution in [0.5, 0.6) is 5.75 Å². The first kappa shape index (κ1) is 17.6. The van der Waals surface area contributed by atoms with Crippen LogP contribution in [0.1, 0.15) is 35.4 Å². The average Bonchev–Trinajstić information content (AvgIpc) is 3.14. The minimum absolute atomic E-state index is 0.0307. The van der Waals surface area contributed by atoms with E-state index in [1.807, 2.05) is 36.4 Å². The molecule has 27 heavy (non-hydrogen) atoms. The van der Waals surface area contributed by atoms with Crippen LogP contribution in [0.15, 0.2) is 42.5 Å². The molecule has 5 heteroatoms. The van der Waals surface area contributed by atoms with Gasteiger partial charge in [0.1, 0.15) is 5.75 Å². The third-order valence-electron chi connectivity index (χ3n) is 5.57. The van der Waals surface area contributed by atoms with Crippen molar-refractivity contribution in [2.24, 2.45) is 0 Å². The van der Waals surface area contributed by atoms with Gasteiger partial charge in [0.25, 0.3) is 0 Å². The predicted octanol–water partition coefficient (Wildman–Crippen LogP) is 2.82. The number of methoxy groups -OCH3 is 1. The number of hydrogen-bond acceptors (Lipinski definition) is 3. The Labute approximate surface area is 159 Å². The Hall–Kier alpha value is -2.82. The fraction of sp³-hybridized carbons (Fsp3) is 0.364. The van der Waals surface area contributed by atoms with Crippen LogP contribution >= 0.6 is 0 Å². The first-order chi connectivity index (χ1) is 13.2. The molecule has 1 heterocycles. The molecule has 0 bridgehead atoms. The van der Waals surface area contributed by atoms with Gasteiger partial charge < -0.3 is 15.0 Å². The van der Waals surface area contributed by atoms with Crippen LogP contribution in [-0.2, 0) is 22.4 Å². The predicted molar refractivity (Wildman–Crippen MR) is 104 cm³/mol. The van der Waals surface area contributed by atoms with Crippen molar-refractivity contribution in [2.45, 2.75) is 31.6 Å². The fourth-order valence-corrected chi connectivity index (χ4v) is 4.15. The SMILES string of the molecule is COc1ccc2c(c1)C(C(=O)NCC(=O)N1CCCc3ccccc31)CC2. The summed E-state index contributed by atoms with van der Waals surface area (Å²) in [5.74, 6) is 0.408. The summed E-state index contributed by atoms with van der Waals surface area (Å²) in [5, 5.41) is 2.86. The minimum Gasteiger partial charge on any atom is -0.497 e. The Bertz CT molecular complexity index is 878. The van der Waals surface area contributed by atoms with Gasteiger partial charge in [-0.3, -0.25) is 9.59 Å². The Balaban J connectivity index is 1.42. The topological polar surface area (TPSA) is 58.6 Å². The van der Waals surface area contributed by atoms with Gasteiger partial charge in [-0.2, -0.15) is 0 Å². The molecule has 4 rings (SSSR count). The number of benzene rings is 2. The van der Waals surface area contributed by atoms with Gasteiger partial charge in [-0.1, -0.05) is 24.3 Å². The lowest BCUT2D eigenvalue weighted by Crippen LogP contribution is -2.43. The number of amides is 2. The number of nitrogens with one attached hydrogen (secondary N) is 1. The van der Waals surface area contributed by atoms with Crippen LogP contribution in [0.25, 0.3) is 0 Å². The van der Waals surface area contributed by atoms with Gasteiger partial charge in [0.2, 0.25) is 11.8 Å². The van der Waals surface area contributed by atoms with Crippen molar-refractivity contribution in [1.29, 1.82) is 0 Å². The maximum absolute atomic E-state index is 12.7. The normalized spacial score (nSPS) is 17.8. The molecule has 2 amide bonds. The van der Waals surface area contributed by atoms with E-state index in [9.17, 15) is 9.59 Å². The van der Waals surface area contributed by atoms with Gasteiger partial charge in [0, 0.05) is 12.2 Å². The third-order valence-corrected chi connectivity index (χ3v) is 5.57. The summed E-state index contributed by atoms with van der Waals surface area (Å²) in [4.78, 5) is 27.2. The van der Waals surface area contributed by atoms with E-state index in [1.54, 1.807) is 12.0 Å². The number of para-hydroxylation sites is 1. The molecule has 5 nitrogen and oxygen atoms in total. The Kier molecular flexibility index (Phi) is 4.84. The van der Waals surface area contributed by atoms with Crippen LogP contribution in [0.2, 0.25) is 0 Å². The molecule has 1 N–H and O–H groups in total. The monoisotopic (exact) mass is 364 g/mol. The molecule has 1 unspecified atom stereocenters. The van der Waals surface area contributed by atoms with E-state index in [2.05, 4.69) is 11.4 Å². The van der Waals surface area contributed by atoms with Crippen LogP contribution in [0.3, 0.4) is 0 Å². The van der Waals surface area contributed by atoms with Crippen molar-refractivity contribution in [1.82, 2.24) is 5.32 Å². The maximum atomic E-state index is 12.7. The van der Waals surface area contributed by atoms with Gasteiger partial charge in [0.15, 0.2) is 0 Å². The number of carbonyl (C=O) groups excluding carboxylic acids is 2. The Morgan fingerprint density at radius 3 is 2.85 bits per heavy atom. The zero-order valence-corrected chi connectivity index (χ0v) is 15.5. The lowest BCUT2D eigenvalue weighted by atomic mass is 10.00. The molecule has 0 saturated carbocycles. The van der Waals surface area contributed by atoms with Gasteiger partial charge in [-0.15, -0.1) is 0 Å². The van der Waals surface area contributed by atoms with E-state index < -0.39 is 0 Å². The molecule has 2 aromatic carbocycles. The highest BCUT2D eigenvalue weighted by Crippen LogP contribution is 2.35. The van der Waals surface area contributed by atoms with Crippen molar-refractivity contribution in [3.05, 3.63) is 59.2 Å². The minimum atomic E-state index is -0.212. The first-order valence-electron chi connectivity index (χ1n) is 9.50. The highest BCUT2D eigenvalue weighted by Gasteiger charge is 2.30. The third kappa shape index (κ3) is 3.42. The van der Waals surface area contributed by atoms with Crippen molar-refractivity contribution in [3.8, 4) is 5.75 Å². The maximum Gasteiger partial charge on any atom is 0.246 e. The highest BCUT2D eigenvalue weighted by molar-refractivity contribution is 5.98. The highest BCUT2D eigenvalue weighted by atomic mass is 16.5. The quantitative estimate of drug-likeness (QED) is 0.908. The van der Waals surface area contributed by atoms with Crippen molar-refractivity contribution < 1.29 is 14.3 Å². The number of fused-ring (bicyclic) bond motifs is 2. The molecule has 2 aliphatic rings. The molecular weight excluding hydrogens is 340 g/mol. The number of carbonyl (C=O) groups is 2. The molecule has 140 valence electrons. The van der Waals surface area contributed by atoms with E-state index in [4.69, 9.17) is 4.74 Å². The fourth-order valence-electron chi connectivity index (χ4n) is 4.15. The Morgan fingerprint density at radius 1 is 1.15 bits per heavy atom. The summed E-state index contributed by atoms with van der Waals surface area (Å²) < 4.78 is 5.29. The summed E-state index contributed by atoms with van der Waals surface area (Å²) in [7, 11) is 1.63. The van der Waals surface area contributed by atoms with E-state index >= 15 is 0 Å². The molecule has 1 aliphatic heterocycles. The lowest BCUT2D eigenvalue weighted by molar-refractivity contribution is -0.126. The van der Waals surface area contributed by atoms with E-state index in [-0.39, 0.29) is 24.3 Å². The summed E-state index contributed by atoms with van der Waals surface area (Å²) in [6.07, 6.45) is 3.60. The Morgan fingerprint density at radius 2 is 2.00 bits per heavy atom. The summed E-state index contributed by atoms with van der Waals surface area (Å²) >= 11 is 0. The van der Waals surface area contributed by atoms with Crippen LogP contribution in [0.4, 0.5) is 5.69 Å². The average molecular weight is 364 g/mol. The molecule has 0 aromatic heterocycles. The largest absolute Gasteiger partial charge is 0.497 e. The standard InChI is InChI=1S/C22H24N2O3/c1-27-17-10-8-15-9-11-18(19(15)13-17)22(26)23-14-21(25)24-12-4-6-16-5-2-3-7-20(16)24/h2-3,5,7-8,10,13,18H,4,6,9,11-12,14H2,1H3,(H,23,26). The van der Waals surface area contributed by atoms with E-state index in [0.29, 0.717) is 6.54 Å². The van der Waals surface area contributed by atoms with Gasteiger partial charge in [-0.05, 0) is 60.6 Å².